The minimum Gasteiger partial charge on any atom is -0.308 e. The van der Waals surface area contributed by atoms with Crippen molar-refractivity contribution in [1.82, 2.24) is 0 Å². The Labute approximate surface area is 109 Å². The lowest BCUT2D eigenvalue weighted by Crippen LogP contribution is -3.04. The Morgan fingerprint density at radius 1 is 1.26 bits per heavy atom. The van der Waals surface area contributed by atoms with Crippen molar-refractivity contribution in [3.05, 3.63) is 49.7 Å². The van der Waals surface area contributed by atoms with Crippen molar-refractivity contribution in [3.63, 3.8) is 0 Å². The van der Waals surface area contributed by atoms with Crippen LogP contribution in [0.2, 0.25) is 0 Å². The van der Waals surface area contributed by atoms with Gasteiger partial charge in [-0.1, -0.05) is 0 Å². The molecule has 1 aliphatic rings. The van der Waals surface area contributed by atoms with Crippen molar-refractivity contribution < 1.29 is 14.7 Å². The van der Waals surface area contributed by atoms with E-state index in [9.17, 15) is 20.2 Å². The highest BCUT2D eigenvalue weighted by atomic mass is 16.6. The fourth-order valence-corrected chi connectivity index (χ4v) is 2.23. The van der Waals surface area contributed by atoms with E-state index in [1.165, 1.54) is 17.0 Å². The Morgan fingerprint density at radius 2 is 2.00 bits per heavy atom. The predicted octanol–water partition coefficient (Wildman–Crippen LogP) is 1.15. The summed E-state index contributed by atoms with van der Waals surface area (Å²) in [5, 5.41) is 21.6. The van der Waals surface area contributed by atoms with Gasteiger partial charge in [-0.3, -0.25) is 20.2 Å². The van der Waals surface area contributed by atoms with Gasteiger partial charge in [-0.05, 0) is 6.07 Å². The minimum absolute atomic E-state index is 0.221. The van der Waals surface area contributed by atoms with Crippen LogP contribution in [0, 0.1) is 20.2 Å². The van der Waals surface area contributed by atoms with E-state index in [0.29, 0.717) is 5.56 Å². The molecular weight excluding hydrogens is 250 g/mol. The van der Waals surface area contributed by atoms with Gasteiger partial charge in [0.05, 0.1) is 35.1 Å². The highest BCUT2D eigenvalue weighted by molar-refractivity contribution is 5.64. The Balaban J connectivity index is 2.45. The molecule has 1 aliphatic heterocycles. The van der Waals surface area contributed by atoms with E-state index >= 15 is 0 Å². The fourth-order valence-electron chi connectivity index (χ4n) is 2.23. The summed E-state index contributed by atoms with van der Waals surface area (Å²) in [5.41, 5.74) is 1.03. The van der Waals surface area contributed by atoms with Gasteiger partial charge in [-0.15, -0.1) is 0 Å². The molecule has 0 aromatic heterocycles. The minimum atomic E-state index is -0.628. The van der Waals surface area contributed by atoms with Crippen LogP contribution in [0.25, 0.3) is 6.08 Å². The summed E-state index contributed by atoms with van der Waals surface area (Å²) < 4.78 is 0. The van der Waals surface area contributed by atoms with Gasteiger partial charge in [0.2, 0.25) is 0 Å². The number of allylic oxidation sites excluding steroid dienone is 1. The van der Waals surface area contributed by atoms with Gasteiger partial charge in [-0.25, -0.2) is 0 Å². The van der Waals surface area contributed by atoms with Crippen LogP contribution in [0.3, 0.4) is 0 Å². The van der Waals surface area contributed by atoms with Crippen molar-refractivity contribution in [1.29, 1.82) is 0 Å². The first-order chi connectivity index (χ1) is 8.99. The van der Waals surface area contributed by atoms with E-state index in [4.69, 9.17) is 0 Å². The number of rotatable bonds is 3. The number of nitro groups is 2. The van der Waals surface area contributed by atoms with Gasteiger partial charge in [0.15, 0.2) is 0 Å². The largest absolute Gasteiger partial charge is 0.308 e. The first-order valence-electron chi connectivity index (χ1n) is 5.95. The van der Waals surface area contributed by atoms with E-state index in [1.807, 2.05) is 7.05 Å². The van der Waals surface area contributed by atoms with Gasteiger partial charge in [-0.2, -0.15) is 0 Å². The van der Waals surface area contributed by atoms with Crippen LogP contribution in [-0.2, 0) is 0 Å². The second-order valence-electron chi connectivity index (χ2n) is 4.56. The van der Waals surface area contributed by atoms with Crippen LogP contribution < -0.4 is 4.90 Å². The number of benzene rings is 1. The van der Waals surface area contributed by atoms with Gasteiger partial charge in [0.1, 0.15) is 5.70 Å². The topological polar surface area (TPSA) is 90.7 Å². The summed E-state index contributed by atoms with van der Waals surface area (Å²) in [6.45, 7) is 1.01. The van der Waals surface area contributed by atoms with E-state index in [0.717, 1.165) is 31.1 Å². The van der Waals surface area contributed by atoms with E-state index in [-0.39, 0.29) is 11.4 Å². The molecule has 2 rings (SSSR count). The lowest BCUT2D eigenvalue weighted by molar-refractivity contribution is -0.827. The number of nitrogens with zero attached hydrogens (tertiary/aromatic N) is 2. The average Bonchev–Trinajstić information content (AvgIpc) is 2.75. The first-order valence-corrected chi connectivity index (χ1v) is 5.95. The molecule has 1 saturated heterocycles. The number of nitrogens with one attached hydrogen (secondary N) is 1. The van der Waals surface area contributed by atoms with Crippen molar-refractivity contribution in [2.24, 2.45) is 0 Å². The maximum absolute atomic E-state index is 11.0. The monoisotopic (exact) mass is 264 g/mol. The third-order valence-electron chi connectivity index (χ3n) is 3.30. The summed E-state index contributed by atoms with van der Waals surface area (Å²) in [4.78, 5) is 21.7. The molecule has 7 nitrogen and oxygen atoms in total. The first kappa shape index (κ1) is 13.2. The summed E-state index contributed by atoms with van der Waals surface area (Å²) in [7, 11) is 2.01. The third-order valence-corrected chi connectivity index (χ3v) is 3.30. The molecule has 1 aromatic carbocycles. The summed E-state index contributed by atoms with van der Waals surface area (Å²) >= 11 is 0. The molecule has 0 spiro atoms. The smallest absolute Gasteiger partial charge is 0.283 e. The average molecular weight is 264 g/mol. The van der Waals surface area contributed by atoms with Crippen LogP contribution >= 0.6 is 0 Å². The molecule has 1 heterocycles. The van der Waals surface area contributed by atoms with Gasteiger partial charge in [0.25, 0.3) is 11.4 Å². The zero-order valence-corrected chi connectivity index (χ0v) is 10.5. The van der Waals surface area contributed by atoms with Crippen LogP contribution in [-0.4, -0.2) is 23.4 Å². The van der Waals surface area contributed by atoms with Crippen molar-refractivity contribution >= 4 is 17.5 Å². The van der Waals surface area contributed by atoms with E-state index in [2.05, 4.69) is 0 Å². The lowest BCUT2D eigenvalue weighted by atomic mass is 10.1. The molecule has 0 radical (unpaired) electrons. The third kappa shape index (κ3) is 2.76. The zero-order chi connectivity index (χ0) is 14.0. The molecule has 19 heavy (non-hydrogen) atoms. The quantitative estimate of drug-likeness (QED) is 0.655. The lowest BCUT2D eigenvalue weighted by Gasteiger charge is -2.06. The zero-order valence-electron chi connectivity index (χ0n) is 10.5. The number of non-ortho nitro benzene ring substituents is 1. The summed E-state index contributed by atoms with van der Waals surface area (Å²) in [6, 6.07) is 3.75. The molecular formula is C12H14N3O4+. The molecule has 7 heteroatoms. The molecule has 0 amide bonds. The number of nitro benzene ring substituents is 2. The Bertz CT molecular complexity index is 568. The Kier molecular flexibility index (Phi) is 3.57. The molecule has 1 atom stereocenters. The van der Waals surface area contributed by atoms with E-state index in [1.54, 1.807) is 6.08 Å². The second kappa shape index (κ2) is 5.15. The standard InChI is InChI=1S/C12H13N3O4/c1-13-6-2-3-10(13)7-9-4-5-11(14(16)17)8-12(9)15(18)19/h4-5,7-8H,2-3,6H2,1H3/p+1/b10-7+. The van der Waals surface area contributed by atoms with Crippen molar-refractivity contribution in [3.8, 4) is 0 Å². The summed E-state index contributed by atoms with van der Waals surface area (Å²) in [5.74, 6) is 0. The van der Waals surface area contributed by atoms with Crippen LogP contribution in [0.5, 0.6) is 0 Å². The molecule has 0 aliphatic carbocycles. The highest BCUT2D eigenvalue weighted by Crippen LogP contribution is 2.26. The number of likely N-dealkylation sites (tertiary alicyclic amines) is 1. The van der Waals surface area contributed by atoms with Crippen LogP contribution in [0.15, 0.2) is 23.9 Å². The Hall–Kier alpha value is -2.28. The highest BCUT2D eigenvalue weighted by Gasteiger charge is 2.22. The van der Waals surface area contributed by atoms with Gasteiger partial charge in [0, 0.05) is 25.0 Å². The van der Waals surface area contributed by atoms with Crippen LogP contribution in [0.1, 0.15) is 18.4 Å². The SMILES string of the molecule is C[NH+]1CCC/C1=C\c1ccc([N+](=O)[O-])cc1[N+](=O)[O-]. The number of quaternary nitrogens is 1. The van der Waals surface area contributed by atoms with Crippen molar-refractivity contribution in [2.75, 3.05) is 13.6 Å². The van der Waals surface area contributed by atoms with Crippen LogP contribution in [0.4, 0.5) is 11.4 Å². The molecule has 0 bridgehead atoms. The van der Waals surface area contributed by atoms with Gasteiger partial charge >= 0.3 is 0 Å². The molecule has 1 aromatic rings. The molecule has 1 N–H and O–H groups in total. The maximum Gasteiger partial charge on any atom is 0.283 e. The molecule has 0 saturated carbocycles. The fraction of sp³-hybridized carbons (Fsp3) is 0.333. The summed E-state index contributed by atoms with van der Waals surface area (Å²) in [6.07, 6.45) is 3.72. The second-order valence-corrected chi connectivity index (χ2v) is 4.56. The van der Waals surface area contributed by atoms with Gasteiger partial charge < -0.3 is 4.90 Å². The molecule has 1 fully saturated rings. The molecule has 1 unspecified atom stereocenters. The number of hydrogen-bond acceptors (Lipinski definition) is 4. The predicted molar refractivity (Wildman–Crippen MR) is 68.7 cm³/mol. The Morgan fingerprint density at radius 3 is 2.53 bits per heavy atom. The normalized spacial score (nSPS) is 20.7. The van der Waals surface area contributed by atoms with E-state index < -0.39 is 9.85 Å². The maximum atomic E-state index is 11.0. The molecule has 100 valence electrons. The van der Waals surface area contributed by atoms with Crippen molar-refractivity contribution in [2.45, 2.75) is 12.8 Å². The number of hydrogen-bond donors (Lipinski definition) is 1.